The van der Waals surface area contributed by atoms with Crippen molar-refractivity contribution in [2.24, 2.45) is 27.8 Å². The average molecular weight is 343 g/mol. The van der Waals surface area contributed by atoms with Gasteiger partial charge < -0.3 is 15.4 Å². The van der Waals surface area contributed by atoms with Crippen molar-refractivity contribution < 1.29 is 15.4 Å². The first kappa shape index (κ1) is 16.7. The molecule has 25 heavy (non-hydrogen) atoms. The molecule has 2 fully saturated rings. The molecule has 1 aromatic carbocycles. The first-order chi connectivity index (χ1) is 11.6. The molecule has 4 atom stereocenters. The maximum Gasteiger partial charge on any atom is 0.123 e. The number of nitrogens with zero attached hydrogens (tertiary/aromatic N) is 1. The molecule has 0 aromatic heterocycles. The molecule has 0 spiro atoms. The van der Waals surface area contributed by atoms with Crippen LogP contribution in [0.4, 0.5) is 0 Å². The van der Waals surface area contributed by atoms with Crippen LogP contribution in [-0.4, -0.2) is 21.1 Å². The lowest BCUT2D eigenvalue weighted by Gasteiger charge is -2.60. The third-order valence-electron chi connectivity index (χ3n) is 8.04. The Bertz CT molecular complexity index is 769. The van der Waals surface area contributed by atoms with Gasteiger partial charge in [0.2, 0.25) is 0 Å². The van der Waals surface area contributed by atoms with E-state index in [9.17, 15) is 15.4 Å². The Morgan fingerprint density at radius 2 is 1.76 bits per heavy atom. The zero-order valence-electron chi connectivity index (χ0n) is 15.6. The number of phenols is 2. The van der Waals surface area contributed by atoms with Crippen molar-refractivity contribution in [3.63, 3.8) is 0 Å². The molecule has 0 unspecified atom stereocenters. The molecule has 3 N–H and O–H groups in total. The lowest BCUT2D eigenvalue weighted by Crippen LogP contribution is -2.59. The largest absolute Gasteiger partial charge is 0.508 e. The maximum absolute atomic E-state index is 10.6. The molecular weight excluding hydrogens is 314 g/mol. The molecule has 4 rings (SSSR count). The summed E-state index contributed by atoms with van der Waals surface area (Å²) in [5.41, 5.74) is 2.84. The molecule has 0 heterocycles. The number of oxime groups is 1. The fourth-order valence-corrected chi connectivity index (χ4v) is 6.92. The standard InChI is InChI=1S/C21H29NO3/c1-19(2)7-6-17(22-25)21(4)15(19)5-8-20(3)16(21)10-12-9-13(23)11-14(24)18(12)20/h9,11,15-16,23-25H,5-8,10H2,1-4H3/t15-,16-,20-,21-/m1/s1. The zero-order valence-corrected chi connectivity index (χ0v) is 15.6. The molecule has 3 aliphatic carbocycles. The molecule has 3 aliphatic rings. The summed E-state index contributed by atoms with van der Waals surface area (Å²) < 4.78 is 0. The second-order valence-electron chi connectivity index (χ2n) is 9.58. The van der Waals surface area contributed by atoms with Crippen LogP contribution in [0.2, 0.25) is 0 Å². The van der Waals surface area contributed by atoms with E-state index in [1.54, 1.807) is 6.07 Å². The third-order valence-corrected chi connectivity index (χ3v) is 8.04. The number of hydrogen-bond donors (Lipinski definition) is 3. The monoisotopic (exact) mass is 343 g/mol. The van der Waals surface area contributed by atoms with Crippen LogP contribution in [0.3, 0.4) is 0 Å². The van der Waals surface area contributed by atoms with Crippen molar-refractivity contribution in [3.05, 3.63) is 23.3 Å². The van der Waals surface area contributed by atoms with E-state index >= 15 is 0 Å². The summed E-state index contributed by atoms with van der Waals surface area (Å²) in [4.78, 5) is 0. The van der Waals surface area contributed by atoms with Gasteiger partial charge in [-0.3, -0.25) is 0 Å². The van der Waals surface area contributed by atoms with Gasteiger partial charge in [-0.25, -0.2) is 0 Å². The quantitative estimate of drug-likeness (QED) is 0.476. The smallest absolute Gasteiger partial charge is 0.123 e. The van der Waals surface area contributed by atoms with Crippen LogP contribution in [0.15, 0.2) is 17.3 Å². The summed E-state index contributed by atoms with van der Waals surface area (Å²) in [5, 5.41) is 34.1. The van der Waals surface area contributed by atoms with Gasteiger partial charge in [-0.1, -0.05) is 32.9 Å². The fourth-order valence-electron chi connectivity index (χ4n) is 6.92. The molecule has 136 valence electrons. The highest BCUT2D eigenvalue weighted by molar-refractivity contribution is 5.91. The number of rotatable bonds is 0. The van der Waals surface area contributed by atoms with Gasteiger partial charge in [0.05, 0.1) is 5.71 Å². The van der Waals surface area contributed by atoms with Crippen LogP contribution in [-0.2, 0) is 11.8 Å². The van der Waals surface area contributed by atoms with Gasteiger partial charge in [-0.2, -0.15) is 0 Å². The second-order valence-corrected chi connectivity index (χ2v) is 9.58. The Kier molecular flexibility index (Phi) is 3.30. The van der Waals surface area contributed by atoms with E-state index in [-0.39, 0.29) is 33.7 Å². The molecule has 0 bridgehead atoms. The minimum absolute atomic E-state index is 0.125. The van der Waals surface area contributed by atoms with Crippen molar-refractivity contribution in [1.82, 2.24) is 0 Å². The Balaban J connectivity index is 1.90. The molecule has 4 nitrogen and oxygen atoms in total. The molecule has 1 aromatic rings. The predicted octanol–water partition coefficient (Wildman–Crippen LogP) is 4.59. The van der Waals surface area contributed by atoms with Crippen molar-refractivity contribution in [2.45, 2.75) is 65.2 Å². The Labute approximate surface area is 149 Å². The van der Waals surface area contributed by atoms with E-state index in [1.807, 2.05) is 0 Å². The van der Waals surface area contributed by atoms with E-state index < -0.39 is 0 Å². The van der Waals surface area contributed by atoms with Crippen LogP contribution in [0.5, 0.6) is 11.5 Å². The Hall–Kier alpha value is -1.71. The molecular formula is C21H29NO3. The van der Waals surface area contributed by atoms with E-state index in [0.717, 1.165) is 48.9 Å². The number of hydrogen-bond acceptors (Lipinski definition) is 4. The van der Waals surface area contributed by atoms with E-state index in [2.05, 4.69) is 32.9 Å². The third kappa shape index (κ3) is 1.97. The normalized spacial score (nSPS) is 40.4. The molecule has 4 heteroatoms. The molecule has 0 amide bonds. The predicted molar refractivity (Wildman–Crippen MR) is 97.4 cm³/mol. The summed E-state index contributed by atoms with van der Waals surface area (Å²) in [7, 11) is 0. The summed E-state index contributed by atoms with van der Waals surface area (Å²) in [6.07, 6.45) is 4.78. The molecule has 2 saturated carbocycles. The van der Waals surface area contributed by atoms with Crippen LogP contribution in [0, 0.1) is 22.7 Å². The van der Waals surface area contributed by atoms with E-state index in [0.29, 0.717) is 5.92 Å². The first-order valence-corrected chi connectivity index (χ1v) is 9.41. The number of aromatic hydroxyl groups is 2. The van der Waals surface area contributed by atoms with Crippen LogP contribution in [0.25, 0.3) is 0 Å². The summed E-state index contributed by atoms with van der Waals surface area (Å²) in [6, 6.07) is 3.27. The summed E-state index contributed by atoms with van der Waals surface area (Å²) in [6.45, 7) is 9.22. The highest BCUT2D eigenvalue weighted by Gasteiger charge is 2.64. The Morgan fingerprint density at radius 3 is 2.44 bits per heavy atom. The first-order valence-electron chi connectivity index (χ1n) is 9.41. The SMILES string of the molecule is CC1(C)CCC(=NO)[C@]2(C)[C@@H]1CC[C@@]1(C)c3c(O)cc(O)cc3C[C@@H]21. The Morgan fingerprint density at radius 1 is 1.04 bits per heavy atom. The lowest BCUT2D eigenvalue weighted by atomic mass is 9.43. The van der Waals surface area contributed by atoms with Crippen molar-refractivity contribution in [3.8, 4) is 11.5 Å². The summed E-state index contributed by atoms with van der Waals surface area (Å²) >= 11 is 0. The highest BCUT2D eigenvalue weighted by Crippen LogP contribution is 2.67. The van der Waals surface area contributed by atoms with Gasteiger partial charge >= 0.3 is 0 Å². The lowest BCUT2D eigenvalue weighted by molar-refractivity contribution is -0.0369. The van der Waals surface area contributed by atoms with Gasteiger partial charge in [0, 0.05) is 22.5 Å². The minimum Gasteiger partial charge on any atom is -0.508 e. The number of phenolic OH excluding ortho intramolecular Hbond substituents is 2. The van der Waals surface area contributed by atoms with Crippen molar-refractivity contribution in [1.29, 1.82) is 0 Å². The van der Waals surface area contributed by atoms with Gasteiger partial charge in [0.25, 0.3) is 0 Å². The van der Waals surface area contributed by atoms with E-state index in [1.165, 1.54) is 6.07 Å². The van der Waals surface area contributed by atoms with E-state index in [4.69, 9.17) is 0 Å². The maximum atomic E-state index is 10.6. The minimum atomic E-state index is -0.190. The van der Waals surface area contributed by atoms with Crippen LogP contribution in [0.1, 0.15) is 64.5 Å². The average Bonchev–Trinajstić information content (AvgIpc) is 2.80. The van der Waals surface area contributed by atoms with Crippen LogP contribution >= 0.6 is 0 Å². The zero-order chi connectivity index (χ0) is 18.2. The second kappa shape index (κ2) is 4.93. The van der Waals surface area contributed by atoms with Gasteiger partial charge in [0.15, 0.2) is 0 Å². The van der Waals surface area contributed by atoms with Gasteiger partial charge in [-0.15, -0.1) is 0 Å². The van der Waals surface area contributed by atoms with Gasteiger partial charge in [0.1, 0.15) is 11.5 Å². The highest BCUT2D eigenvalue weighted by atomic mass is 16.4. The number of benzene rings is 1. The fraction of sp³-hybridized carbons (Fsp3) is 0.667. The summed E-state index contributed by atoms with van der Waals surface area (Å²) in [5.74, 6) is 1.06. The topological polar surface area (TPSA) is 73.1 Å². The molecule has 0 saturated heterocycles. The van der Waals surface area contributed by atoms with Gasteiger partial charge in [-0.05, 0) is 61.0 Å². The number of fused-ring (bicyclic) bond motifs is 5. The molecule has 0 radical (unpaired) electrons. The molecule has 0 aliphatic heterocycles. The van der Waals surface area contributed by atoms with Crippen molar-refractivity contribution >= 4 is 5.71 Å². The van der Waals surface area contributed by atoms with Crippen LogP contribution < -0.4 is 0 Å². The van der Waals surface area contributed by atoms with Crippen molar-refractivity contribution in [2.75, 3.05) is 0 Å².